The van der Waals surface area contributed by atoms with Crippen molar-refractivity contribution in [2.75, 3.05) is 11.1 Å². The summed E-state index contributed by atoms with van der Waals surface area (Å²) in [4.78, 5) is 41.8. The number of aryl methyl sites for hydroxylation is 2. The molecule has 0 spiro atoms. The number of carbonyl (C=O) groups excluding carboxylic acids is 3. The zero-order valence-electron chi connectivity index (χ0n) is 23.6. The van der Waals surface area contributed by atoms with Gasteiger partial charge in [0, 0.05) is 48.4 Å². The van der Waals surface area contributed by atoms with Gasteiger partial charge in [-0.1, -0.05) is 40.7 Å². The maximum atomic E-state index is 13.2. The van der Waals surface area contributed by atoms with Crippen molar-refractivity contribution in [3.63, 3.8) is 0 Å². The van der Waals surface area contributed by atoms with E-state index in [1.165, 1.54) is 23.1 Å². The molecule has 4 N–H and O–H groups in total. The molecule has 12 heteroatoms. The first-order valence-corrected chi connectivity index (χ1v) is 14.7. The van der Waals surface area contributed by atoms with E-state index in [-0.39, 0.29) is 23.6 Å². The molecule has 3 amide bonds. The zero-order valence-corrected chi connectivity index (χ0v) is 24.4. The summed E-state index contributed by atoms with van der Waals surface area (Å²) in [6, 6.07) is 17.1. The summed E-state index contributed by atoms with van der Waals surface area (Å²) in [5, 5.41) is 26.1. The topological polar surface area (TPSA) is 159 Å². The first-order valence-electron chi connectivity index (χ1n) is 13.3. The van der Waals surface area contributed by atoms with Crippen molar-refractivity contribution in [1.82, 2.24) is 20.2 Å². The summed E-state index contributed by atoms with van der Waals surface area (Å²) in [5.41, 5.74) is 4.74. The minimum Gasteiger partial charge on any atom is -0.507 e. The average molecular weight is 599 g/mol. The lowest BCUT2D eigenvalue weighted by atomic mass is 10.1. The minimum absolute atomic E-state index is 0.0297. The molecule has 0 aliphatic heterocycles. The molecule has 220 valence electrons. The number of amides is 3. The Morgan fingerprint density at radius 2 is 1.79 bits per heavy atom. The van der Waals surface area contributed by atoms with Crippen molar-refractivity contribution < 1.29 is 24.7 Å². The lowest BCUT2D eigenvalue weighted by molar-refractivity contribution is -0.129. The number of anilines is 1. The van der Waals surface area contributed by atoms with E-state index >= 15 is 0 Å². The number of nitrogens with zero attached hydrogens (tertiary/aromatic N) is 4. The Labute approximate surface area is 251 Å². The van der Waals surface area contributed by atoms with Crippen molar-refractivity contribution in [3.8, 4) is 17.6 Å². The fraction of sp³-hybridized carbons (Fsp3) is 0.194. The van der Waals surface area contributed by atoms with Gasteiger partial charge in [-0.3, -0.25) is 29.3 Å². The zero-order chi connectivity index (χ0) is 30.8. The molecule has 0 fully saturated rings. The Morgan fingerprint density at radius 1 is 1.00 bits per heavy atom. The predicted molar refractivity (Wildman–Crippen MR) is 162 cm³/mol. The van der Waals surface area contributed by atoms with Gasteiger partial charge in [-0.25, -0.2) is 5.48 Å². The number of carbonyl (C=O) groups is 3. The van der Waals surface area contributed by atoms with Crippen molar-refractivity contribution in [1.29, 1.82) is 0 Å². The van der Waals surface area contributed by atoms with Crippen LogP contribution in [0.25, 0.3) is 0 Å². The Bertz CT molecular complexity index is 1750. The third kappa shape index (κ3) is 8.68. The summed E-state index contributed by atoms with van der Waals surface area (Å²) in [7, 11) is 0.726. The Balaban J connectivity index is 1.50. The SMILES string of the molecule is Cc1cc(C(=O)Nc2cccc(C#Cc3cncc(C(=O)N=[S@@](CCCCC(=O)NO)c4ccccc4O)c3)c2)n(C)n1. The van der Waals surface area contributed by atoms with Gasteiger partial charge in [-0.05, 0) is 62.2 Å². The highest BCUT2D eigenvalue weighted by molar-refractivity contribution is 7.87. The van der Waals surface area contributed by atoms with Crippen molar-refractivity contribution in [2.24, 2.45) is 11.4 Å². The molecule has 43 heavy (non-hydrogen) atoms. The van der Waals surface area contributed by atoms with E-state index in [4.69, 9.17) is 5.21 Å². The lowest BCUT2D eigenvalue weighted by Crippen LogP contribution is -2.18. The average Bonchev–Trinajstić information content (AvgIpc) is 3.35. The predicted octanol–water partition coefficient (Wildman–Crippen LogP) is 4.16. The smallest absolute Gasteiger partial charge is 0.284 e. The summed E-state index contributed by atoms with van der Waals surface area (Å²) < 4.78 is 5.91. The van der Waals surface area contributed by atoms with E-state index in [1.54, 1.807) is 67.1 Å². The number of hydroxylamine groups is 1. The number of aromatic nitrogens is 3. The van der Waals surface area contributed by atoms with E-state index in [2.05, 4.69) is 31.6 Å². The van der Waals surface area contributed by atoms with Crippen LogP contribution in [0, 0.1) is 18.8 Å². The molecule has 4 rings (SSSR count). The molecule has 0 saturated carbocycles. The second-order valence-electron chi connectivity index (χ2n) is 9.47. The molecule has 0 saturated heterocycles. The Hall–Kier alpha value is -5.12. The van der Waals surface area contributed by atoms with Gasteiger partial charge in [0.2, 0.25) is 5.91 Å². The molecule has 0 aliphatic rings. The van der Waals surface area contributed by atoms with Crippen LogP contribution in [0.5, 0.6) is 5.75 Å². The van der Waals surface area contributed by atoms with Crippen molar-refractivity contribution in [2.45, 2.75) is 31.1 Å². The highest BCUT2D eigenvalue weighted by Crippen LogP contribution is 2.23. The standard InChI is InChI=1S/C31H30N6O5S/c1-21-16-26(37(2)34-21)31(41)33-25-9-7-8-22(18-25)13-14-23-17-24(20-32-19-23)30(40)36-43(15-6-5-12-29(39)35-42)28-11-4-3-10-27(28)38/h3-4,7-11,16-20,38,42H,5-6,12,15H2,1-2H3,(H,33,41)(H,35,39)/t43-/m0/s1. The van der Waals surface area contributed by atoms with Crippen LogP contribution < -0.4 is 10.8 Å². The third-order valence-corrected chi connectivity index (χ3v) is 8.03. The quantitative estimate of drug-likeness (QED) is 0.0975. The molecule has 0 radical (unpaired) electrons. The number of phenols is 1. The number of benzene rings is 2. The van der Waals surface area contributed by atoms with Gasteiger partial charge >= 0.3 is 0 Å². The van der Waals surface area contributed by atoms with E-state index < -0.39 is 22.5 Å². The van der Waals surface area contributed by atoms with Crippen LogP contribution in [-0.2, 0) is 22.5 Å². The number of hydrogen-bond acceptors (Lipinski definition) is 7. The molecule has 0 bridgehead atoms. The first-order chi connectivity index (χ1) is 20.7. The molecule has 2 heterocycles. The van der Waals surface area contributed by atoms with Crippen LogP contribution in [0.4, 0.5) is 5.69 Å². The molecule has 1 atom stereocenters. The molecule has 11 nitrogen and oxygen atoms in total. The van der Waals surface area contributed by atoms with Crippen molar-refractivity contribution in [3.05, 3.63) is 101 Å². The first kappa shape index (κ1) is 30.8. The molecule has 2 aromatic heterocycles. The summed E-state index contributed by atoms with van der Waals surface area (Å²) in [6.07, 6.45) is 4.10. The minimum atomic E-state index is -0.981. The largest absolute Gasteiger partial charge is 0.507 e. The second-order valence-corrected chi connectivity index (χ2v) is 11.2. The molecule has 2 aromatic carbocycles. The molecular formula is C31H30N6O5S. The van der Waals surface area contributed by atoms with E-state index in [0.717, 1.165) is 5.69 Å². The van der Waals surface area contributed by atoms with Gasteiger partial charge in [-0.2, -0.15) is 9.46 Å². The molecule has 0 unspecified atom stereocenters. The van der Waals surface area contributed by atoms with Crippen LogP contribution in [-0.4, -0.2) is 48.6 Å². The van der Waals surface area contributed by atoms with Crippen LogP contribution in [0.1, 0.15) is 56.9 Å². The van der Waals surface area contributed by atoms with Gasteiger partial charge in [-0.15, -0.1) is 0 Å². The van der Waals surface area contributed by atoms with Crippen molar-refractivity contribution >= 4 is 34.1 Å². The number of aromatic hydroxyl groups is 1. The van der Waals surface area contributed by atoms with Gasteiger partial charge in [0.25, 0.3) is 11.8 Å². The number of unbranched alkanes of at least 4 members (excludes halogenated alkanes) is 1. The van der Waals surface area contributed by atoms with Gasteiger partial charge < -0.3 is 10.4 Å². The van der Waals surface area contributed by atoms with E-state index in [0.29, 0.717) is 46.0 Å². The summed E-state index contributed by atoms with van der Waals surface area (Å²) in [5.74, 6) is 5.22. The fourth-order valence-corrected chi connectivity index (χ4v) is 5.79. The summed E-state index contributed by atoms with van der Waals surface area (Å²) in [6.45, 7) is 1.82. The monoisotopic (exact) mass is 598 g/mol. The summed E-state index contributed by atoms with van der Waals surface area (Å²) >= 11 is 0. The number of hydrogen-bond donors (Lipinski definition) is 4. The number of pyridine rings is 1. The number of phenolic OH excluding ortho intramolecular Hbond substituents is 1. The highest BCUT2D eigenvalue weighted by atomic mass is 32.2. The van der Waals surface area contributed by atoms with Gasteiger partial charge in [0.15, 0.2) is 0 Å². The third-order valence-electron chi connectivity index (χ3n) is 6.12. The molecular weight excluding hydrogens is 568 g/mol. The normalized spacial score (nSPS) is 11.3. The van der Waals surface area contributed by atoms with E-state index in [9.17, 15) is 19.5 Å². The van der Waals surface area contributed by atoms with Crippen LogP contribution in [0.15, 0.2) is 82.3 Å². The number of rotatable bonds is 9. The Morgan fingerprint density at radius 3 is 2.53 bits per heavy atom. The number of para-hydroxylation sites is 1. The van der Waals surface area contributed by atoms with Crippen LogP contribution in [0.2, 0.25) is 0 Å². The van der Waals surface area contributed by atoms with Crippen LogP contribution in [0.3, 0.4) is 0 Å². The maximum absolute atomic E-state index is 13.2. The number of nitrogens with one attached hydrogen (secondary N) is 2. The second kappa shape index (κ2) is 14.7. The fourth-order valence-electron chi connectivity index (χ4n) is 4.06. The van der Waals surface area contributed by atoms with Gasteiger partial charge in [0.1, 0.15) is 11.4 Å². The van der Waals surface area contributed by atoms with Crippen LogP contribution >= 0.6 is 0 Å². The molecule has 4 aromatic rings. The molecule has 0 aliphatic carbocycles. The maximum Gasteiger partial charge on any atom is 0.284 e. The van der Waals surface area contributed by atoms with Gasteiger partial charge in [0.05, 0.1) is 16.2 Å². The highest BCUT2D eigenvalue weighted by Gasteiger charge is 2.14. The lowest BCUT2D eigenvalue weighted by Gasteiger charge is -2.10. The van der Waals surface area contributed by atoms with E-state index in [1.807, 2.05) is 6.92 Å². The Kier molecular flexibility index (Phi) is 10.5.